The van der Waals surface area contributed by atoms with Crippen LogP contribution >= 0.6 is 0 Å². The molecule has 4 heteroatoms. The van der Waals surface area contributed by atoms with Crippen LogP contribution in [-0.2, 0) is 10.0 Å². The van der Waals surface area contributed by atoms with Gasteiger partial charge in [0, 0.05) is 6.04 Å². The molecule has 0 amide bonds. The zero-order chi connectivity index (χ0) is 11.9. The standard InChI is InChI=1S/C9H19NO2S.C2H6/c1-3-9(10-13(2,11)12)8-6-4-5-7-8;1-2/h8-10H,3-7H2,1-2H3;1-2H3. The molecule has 15 heavy (non-hydrogen) atoms. The average molecular weight is 235 g/mol. The topological polar surface area (TPSA) is 46.2 Å². The van der Waals surface area contributed by atoms with Crippen LogP contribution in [0.1, 0.15) is 52.9 Å². The Morgan fingerprint density at radius 2 is 1.73 bits per heavy atom. The van der Waals surface area contributed by atoms with Crippen LogP contribution in [-0.4, -0.2) is 20.7 Å². The fraction of sp³-hybridized carbons (Fsp3) is 1.00. The molecular formula is C11H25NO2S. The van der Waals surface area contributed by atoms with Gasteiger partial charge in [-0.05, 0) is 25.2 Å². The molecule has 1 N–H and O–H groups in total. The fourth-order valence-corrected chi connectivity index (χ4v) is 3.06. The van der Waals surface area contributed by atoms with Crippen molar-refractivity contribution in [2.24, 2.45) is 5.92 Å². The Morgan fingerprint density at radius 1 is 1.27 bits per heavy atom. The number of nitrogens with one attached hydrogen (secondary N) is 1. The van der Waals surface area contributed by atoms with Crippen molar-refractivity contribution in [3.8, 4) is 0 Å². The summed E-state index contributed by atoms with van der Waals surface area (Å²) in [6.45, 7) is 6.04. The van der Waals surface area contributed by atoms with E-state index in [9.17, 15) is 8.42 Å². The molecule has 1 rings (SSSR count). The van der Waals surface area contributed by atoms with Gasteiger partial charge in [0.2, 0.25) is 10.0 Å². The summed E-state index contributed by atoms with van der Waals surface area (Å²) in [7, 11) is -3.02. The lowest BCUT2D eigenvalue weighted by molar-refractivity contribution is 0.391. The molecule has 1 saturated carbocycles. The minimum Gasteiger partial charge on any atom is -0.213 e. The van der Waals surface area contributed by atoms with E-state index in [1.807, 2.05) is 20.8 Å². The van der Waals surface area contributed by atoms with Gasteiger partial charge < -0.3 is 0 Å². The SMILES string of the molecule is CC.CCC(NS(C)(=O)=O)C1CCCC1. The maximum atomic E-state index is 11.0. The molecule has 0 bridgehead atoms. The van der Waals surface area contributed by atoms with E-state index in [0.29, 0.717) is 5.92 Å². The molecule has 0 spiro atoms. The monoisotopic (exact) mass is 235 g/mol. The van der Waals surface area contributed by atoms with E-state index in [-0.39, 0.29) is 6.04 Å². The molecule has 1 fully saturated rings. The highest BCUT2D eigenvalue weighted by molar-refractivity contribution is 7.88. The Kier molecular flexibility index (Phi) is 7.18. The first-order valence-electron chi connectivity index (χ1n) is 6.00. The van der Waals surface area contributed by atoms with Crippen molar-refractivity contribution >= 4 is 10.0 Å². The Labute approximate surface area is 94.7 Å². The second kappa shape index (κ2) is 7.23. The van der Waals surface area contributed by atoms with Crippen LogP contribution in [0.25, 0.3) is 0 Å². The van der Waals surface area contributed by atoms with E-state index in [1.54, 1.807) is 0 Å². The first kappa shape index (κ1) is 14.9. The van der Waals surface area contributed by atoms with Gasteiger partial charge in [-0.1, -0.05) is 33.6 Å². The summed E-state index contributed by atoms with van der Waals surface area (Å²) in [5.74, 6) is 0.569. The highest BCUT2D eigenvalue weighted by atomic mass is 32.2. The van der Waals surface area contributed by atoms with E-state index in [4.69, 9.17) is 0 Å². The third kappa shape index (κ3) is 6.15. The highest BCUT2D eigenvalue weighted by Crippen LogP contribution is 2.29. The molecule has 92 valence electrons. The van der Waals surface area contributed by atoms with Crippen LogP contribution in [0.2, 0.25) is 0 Å². The van der Waals surface area contributed by atoms with Crippen molar-refractivity contribution in [3.05, 3.63) is 0 Å². The van der Waals surface area contributed by atoms with Crippen molar-refractivity contribution in [1.29, 1.82) is 0 Å². The Morgan fingerprint density at radius 3 is 2.07 bits per heavy atom. The van der Waals surface area contributed by atoms with Crippen LogP contribution in [0.5, 0.6) is 0 Å². The van der Waals surface area contributed by atoms with Gasteiger partial charge in [0.25, 0.3) is 0 Å². The van der Waals surface area contributed by atoms with E-state index in [0.717, 1.165) is 6.42 Å². The lowest BCUT2D eigenvalue weighted by Crippen LogP contribution is -2.38. The van der Waals surface area contributed by atoms with E-state index < -0.39 is 10.0 Å². The van der Waals surface area contributed by atoms with Crippen molar-refractivity contribution in [2.75, 3.05) is 6.26 Å². The van der Waals surface area contributed by atoms with Gasteiger partial charge in [0.15, 0.2) is 0 Å². The lowest BCUT2D eigenvalue weighted by Gasteiger charge is -2.21. The maximum Gasteiger partial charge on any atom is 0.208 e. The predicted octanol–water partition coefficient (Wildman–Crippen LogP) is 2.53. The van der Waals surface area contributed by atoms with E-state index >= 15 is 0 Å². The molecule has 1 aliphatic rings. The average Bonchev–Trinajstić information content (AvgIpc) is 2.69. The molecule has 1 atom stereocenters. The second-order valence-electron chi connectivity index (χ2n) is 3.95. The lowest BCUT2D eigenvalue weighted by atomic mass is 9.97. The van der Waals surface area contributed by atoms with E-state index in [1.165, 1.54) is 31.9 Å². The number of sulfonamides is 1. The van der Waals surface area contributed by atoms with Gasteiger partial charge in [0.1, 0.15) is 0 Å². The predicted molar refractivity (Wildman–Crippen MR) is 65.4 cm³/mol. The van der Waals surface area contributed by atoms with Gasteiger partial charge in [0.05, 0.1) is 6.26 Å². The normalized spacial score (nSPS) is 19.5. The van der Waals surface area contributed by atoms with Gasteiger partial charge >= 0.3 is 0 Å². The van der Waals surface area contributed by atoms with Crippen molar-refractivity contribution in [2.45, 2.75) is 58.9 Å². The summed E-state index contributed by atoms with van der Waals surface area (Å²) in [6, 6.07) is 0.164. The van der Waals surface area contributed by atoms with Crippen molar-refractivity contribution < 1.29 is 8.42 Å². The van der Waals surface area contributed by atoms with Gasteiger partial charge in [-0.15, -0.1) is 0 Å². The summed E-state index contributed by atoms with van der Waals surface area (Å²) in [5, 5.41) is 0. The highest BCUT2D eigenvalue weighted by Gasteiger charge is 2.25. The van der Waals surface area contributed by atoms with Gasteiger partial charge in [-0.3, -0.25) is 0 Å². The molecule has 1 aliphatic carbocycles. The summed E-state index contributed by atoms with van der Waals surface area (Å²) < 4.78 is 24.8. The largest absolute Gasteiger partial charge is 0.213 e. The molecule has 0 heterocycles. The number of hydrogen-bond acceptors (Lipinski definition) is 2. The summed E-state index contributed by atoms with van der Waals surface area (Å²) in [4.78, 5) is 0. The van der Waals surface area contributed by atoms with Crippen LogP contribution in [0.3, 0.4) is 0 Å². The molecule has 0 radical (unpaired) electrons. The molecular weight excluding hydrogens is 210 g/mol. The van der Waals surface area contributed by atoms with Gasteiger partial charge in [-0.2, -0.15) is 0 Å². The molecule has 0 aromatic heterocycles. The first-order valence-corrected chi connectivity index (χ1v) is 7.89. The van der Waals surface area contributed by atoms with Crippen molar-refractivity contribution in [1.82, 2.24) is 4.72 Å². The smallest absolute Gasteiger partial charge is 0.208 e. The third-order valence-corrected chi connectivity index (χ3v) is 3.51. The molecule has 1 unspecified atom stereocenters. The Hall–Kier alpha value is -0.0900. The first-order chi connectivity index (χ1) is 7.03. The van der Waals surface area contributed by atoms with Crippen LogP contribution < -0.4 is 4.72 Å². The second-order valence-corrected chi connectivity index (χ2v) is 5.73. The zero-order valence-corrected chi connectivity index (χ0v) is 11.2. The minimum atomic E-state index is -3.02. The summed E-state index contributed by atoms with van der Waals surface area (Å²) in [5.41, 5.74) is 0. The Bertz CT molecular complexity index is 243. The van der Waals surface area contributed by atoms with Crippen LogP contribution in [0.15, 0.2) is 0 Å². The number of hydrogen-bond donors (Lipinski definition) is 1. The Balaban J connectivity index is 0.000000921. The van der Waals surface area contributed by atoms with Gasteiger partial charge in [-0.25, -0.2) is 13.1 Å². The molecule has 0 aromatic rings. The maximum absolute atomic E-state index is 11.0. The molecule has 0 aliphatic heterocycles. The molecule has 0 saturated heterocycles. The molecule has 0 aromatic carbocycles. The summed E-state index contributed by atoms with van der Waals surface area (Å²) in [6.07, 6.45) is 7.02. The quantitative estimate of drug-likeness (QED) is 0.814. The van der Waals surface area contributed by atoms with Crippen LogP contribution in [0, 0.1) is 5.92 Å². The van der Waals surface area contributed by atoms with Crippen molar-refractivity contribution in [3.63, 3.8) is 0 Å². The summed E-state index contributed by atoms with van der Waals surface area (Å²) >= 11 is 0. The van der Waals surface area contributed by atoms with E-state index in [2.05, 4.69) is 4.72 Å². The van der Waals surface area contributed by atoms with Crippen LogP contribution in [0.4, 0.5) is 0 Å². The third-order valence-electron chi connectivity index (χ3n) is 2.77. The number of rotatable bonds is 4. The zero-order valence-electron chi connectivity index (χ0n) is 10.4. The molecule has 3 nitrogen and oxygen atoms in total. The fourth-order valence-electron chi connectivity index (χ4n) is 2.15. The minimum absolute atomic E-state index is 0.164.